The SMILES string of the molecule is CC(=O)N1CCN(C(=O)C(C)OC(=O)CCN2CCSC2=O)CC1. The average molecular weight is 357 g/mol. The van der Waals surface area contributed by atoms with Crippen LogP contribution in [0.3, 0.4) is 0 Å². The predicted octanol–water partition coefficient (Wildman–Crippen LogP) is 0.168. The molecule has 0 saturated carbocycles. The highest BCUT2D eigenvalue weighted by Gasteiger charge is 2.28. The van der Waals surface area contributed by atoms with Crippen molar-refractivity contribution >= 4 is 34.8 Å². The van der Waals surface area contributed by atoms with Crippen LogP contribution in [-0.2, 0) is 19.1 Å². The van der Waals surface area contributed by atoms with Crippen molar-refractivity contribution in [1.82, 2.24) is 14.7 Å². The molecular formula is C15H23N3O5S. The first-order chi connectivity index (χ1) is 11.4. The molecule has 0 aliphatic carbocycles. The van der Waals surface area contributed by atoms with E-state index >= 15 is 0 Å². The fourth-order valence-corrected chi connectivity index (χ4v) is 3.51. The maximum Gasteiger partial charge on any atom is 0.308 e. The minimum Gasteiger partial charge on any atom is -0.452 e. The Kier molecular flexibility index (Phi) is 6.47. The Morgan fingerprint density at radius 3 is 2.29 bits per heavy atom. The van der Waals surface area contributed by atoms with Gasteiger partial charge in [0, 0.05) is 51.9 Å². The molecule has 0 spiro atoms. The molecule has 2 saturated heterocycles. The molecule has 0 aromatic heterocycles. The smallest absolute Gasteiger partial charge is 0.308 e. The zero-order valence-corrected chi connectivity index (χ0v) is 14.8. The molecule has 2 aliphatic heterocycles. The largest absolute Gasteiger partial charge is 0.452 e. The third kappa shape index (κ3) is 4.86. The van der Waals surface area contributed by atoms with Gasteiger partial charge in [0.2, 0.25) is 5.91 Å². The van der Waals surface area contributed by atoms with Crippen molar-refractivity contribution < 1.29 is 23.9 Å². The first-order valence-electron chi connectivity index (χ1n) is 8.04. The van der Waals surface area contributed by atoms with Gasteiger partial charge < -0.3 is 19.4 Å². The van der Waals surface area contributed by atoms with Crippen LogP contribution in [0.5, 0.6) is 0 Å². The van der Waals surface area contributed by atoms with E-state index in [1.54, 1.807) is 21.6 Å². The van der Waals surface area contributed by atoms with Crippen LogP contribution < -0.4 is 0 Å². The van der Waals surface area contributed by atoms with E-state index in [2.05, 4.69) is 0 Å². The fourth-order valence-electron chi connectivity index (χ4n) is 2.66. The summed E-state index contributed by atoms with van der Waals surface area (Å²) in [6, 6.07) is 0. The topological polar surface area (TPSA) is 87.2 Å². The normalized spacial score (nSPS) is 19.4. The molecule has 8 nitrogen and oxygen atoms in total. The van der Waals surface area contributed by atoms with E-state index in [1.165, 1.54) is 18.7 Å². The lowest BCUT2D eigenvalue weighted by Gasteiger charge is -2.35. The second kappa shape index (κ2) is 8.36. The zero-order valence-electron chi connectivity index (χ0n) is 14.0. The number of rotatable bonds is 5. The minimum absolute atomic E-state index is 0.00352. The van der Waals surface area contributed by atoms with Crippen LogP contribution in [-0.4, -0.2) is 88.8 Å². The Bertz CT molecular complexity index is 519. The lowest BCUT2D eigenvalue weighted by Crippen LogP contribution is -2.52. The summed E-state index contributed by atoms with van der Waals surface area (Å²) in [7, 11) is 0. The van der Waals surface area contributed by atoms with Gasteiger partial charge >= 0.3 is 5.97 Å². The van der Waals surface area contributed by atoms with E-state index in [0.717, 1.165) is 5.75 Å². The first-order valence-corrected chi connectivity index (χ1v) is 9.02. The molecule has 0 aromatic carbocycles. The Hall–Kier alpha value is -1.77. The number of piperazine rings is 1. The molecule has 0 bridgehead atoms. The van der Waals surface area contributed by atoms with Crippen LogP contribution in [0.25, 0.3) is 0 Å². The molecule has 1 atom stereocenters. The summed E-state index contributed by atoms with van der Waals surface area (Å²) in [6.07, 6.45) is -0.771. The molecule has 2 aliphatic rings. The highest BCUT2D eigenvalue weighted by atomic mass is 32.2. The van der Waals surface area contributed by atoms with Crippen molar-refractivity contribution in [2.75, 3.05) is 45.0 Å². The molecule has 9 heteroatoms. The summed E-state index contributed by atoms with van der Waals surface area (Å²) in [5, 5.41) is -0.0183. The summed E-state index contributed by atoms with van der Waals surface area (Å²) in [5.74, 6) is 0.00753. The molecule has 1 unspecified atom stereocenters. The number of hydrogen-bond acceptors (Lipinski definition) is 6. The van der Waals surface area contributed by atoms with Crippen LogP contribution in [0.4, 0.5) is 4.79 Å². The molecule has 2 heterocycles. The van der Waals surface area contributed by atoms with E-state index in [4.69, 9.17) is 4.74 Å². The van der Waals surface area contributed by atoms with Gasteiger partial charge in [0.1, 0.15) is 0 Å². The van der Waals surface area contributed by atoms with Gasteiger partial charge in [-0.15, -0.1) is 0 Å². The van der Waals surface area contributed by atoms with E-state index in [-0.39, 0.29) is 23.5 Å². The van der Waals surface area contributed by atoms with Gasteiger partial charge in [-0.2, -0.15) is 0 Å². The Labute approximate surface area is 145 Å². The van der Waals surface area contributed by atoms with E-state index in [1.807, 2.05) is 0 Å². The molecular weight excluding hydrogens is 334 g/mol. The standard InChI is InChI=1S/C15H23N3O5S/c1-11(14(21)17-7-5-16(6-8-17)12(2)19)23-13(20)3-4-18-9-10-24-15(18)22/h11H,3-10H2,1-2H3. The lowest BCUT2D eigenvalue weighted by molar-refractivity contribution is -0.160. The number of carbonyl (C=O) groups is 4. The van der Waals surface area contributed by atoms with Gasteiger partial charge in [-0.05, 0) is 6.92 Å². The molecule has 0 N–H and O–H groups in total. The minimum atomic E-state index is -0.856. The van der Waals surface area contributed by atoms with Crippen molar-refractivity contribution in [3.8, 4) is 0 Å². The number of ether oxygens (including phenoxy) is 1. The van der Waals surface area contributed by atoms with E-state index in [9.17, 15) is 19.2 Å². The number of hydrogen-bond donors (Lipinski definition) is 0. The van der Waals surface area contributed by atoms with E-state index in [0.29, 0.717) is 39.3 Å². The van der Waals surface area contributed by atoms with Crippen LogP contribution in [0.2, 0.25) is 0 Å². The molecule has 0 radical (unpaired) electrons. The quantitative estimate of drug-likeness (QED) is 0.652. The fraction of sp³-hybridized carbons (Fsp3) is 0.733. The van der Waals surface area contributed by atoms with Crippen LogP contribution in [0, 0.1) is 0 Å². The van der Waals surface area contributed by atoms with Crippen molar-refractivity contribution in [2.24, 2.45) is 0 Å². The predicted molar refractivity (Wildman–Crippen MR) is 88.4 cm³/mol. The Morgan fingerprint density at radius 2 is 1.75 bits per heavy atom. The van der Waals surface area contributed by atoms with Crippen molar-refractivity contribution in [3.05, 3.63) is 0 Å². The second-order valence-corrected chi connectivity index (χ2v) is 6.86. The zero-order chi connectivity index (χ0) is 17.7. The van der Waals surface area contributed by atoms with Gasteiger partial charge in [-0.3, -0.25) is 19.2 Å². The van der Waals surface area contributed by atoms with Crippen molar-refractivity contribution in [2.45, 2.75) is 26.4 Å². The van der Waals surface area contributed by atoms with Crippen LogP contribution in [0.1, 0.15) is 20.3 Å². The number of nitrogens with zero attached hydrogens (tertiary/aromatic N) is 3. The number of thioether (sulfide) groups is 1. The van der Waals surface area contributed by atoms with Crippen molar-refractivity contribution in [3.63, 3.8) is 0 Å². The first kappa shape index (κ1) is 18.6. The Balaban J connectivity index is 1.72. The van der Waals surface area contributed by atoms with Crippen molar-refractivity contribution in [1.29, 1.82) is 0 Å². The summed E-state index contributed by atoms with van der Waals surface area (Å²) in [4.78, 5) is 51.8. The molecule has 134 valence electrons. The van der Waals surface area contributed by atoms with E-state index < -0.39 is 12.1 Å². The molecule has 24 heavy (non-hydrogen) atoms. The van der Waals surface area contributed by atoms with Gasteiger partial charge in [0.05, 0.1) is 6.42 Å². The maximum atomic E-state index is 12.3. The van der Waals surface area contributed by atoms with Gasteiger partial charge in [0.15, 0.2) is 6.10 Å². The number of amides is 3. The van der Waals surface area contributed by atoms with Gasteiger partial charge in [0.25, 0.3) is 11.1 Å². The van der Waals surface area contributed by atoms with Gasteiger partial charge in [-0.25, -0.2) is 0 Å². The lowest BCUT2D eigenvalue weighted by atomic mass is 10.2. The molecule has 3 amide bonds. The molecule has 2 rings (SSSR count). The summed E-state index contributed by atoms with van der Waals surface area (Å²) in [5.41, 5.74) is 0. The second-order valence-electron chi connectivity index (χ2n) is 5.81. The number of esters is 1. The van der Waals surface area contributed by atoms with Crippen LogP contribution in [0.15, 0.2) is 0 Å². The highest BCUT2D eigenvalue weighted by molar-refractivity contribution is 8.13. The Morgan fingerprint density at radius 1 is 1.12 bits per heavy atom. The summed E-state index contributed by atoms with van der Waals surface area (Å²) in [6.45, 7) is 5.90. The average Bonchev–Trinajstić information content (AvgIpc) is 2.97. The monoisotopic (exact) mass is 357 g/mol. The third-order valence-corrected chi connectivity index (χ3v) is 5.02. The summed E-state index contributed by atoms with van der Waals surface area (Å²) >= 11 is 1.24. The number of carbonyl (C=O) groups excluding carboxylic acids is 4. The maximum absolute atomic E-state index is 12.3. The third-order valence-electron chi connectivity index (χ3n) is 4.12. The molecule has 0 aromatic rings. The van der Waals surface area contributed by atoms with Crippen LogP contribution >= 0.6 is 11.8 Å². The van der Waals surface area contributed by atoms with Gasteiger partial charge in [-0.1, -0.05) is 11.8 Å². The molecule has 2 fully saturated rings. The summed E-state index contributed by atoms with van der Waals surface area (Å²) < 4.78 is 5.18. The highest BCUT2D eigenvalue weighted by Crippen LogP contribution is 2.17.